The largest absolute Gasteiger partial charge is 0.511 e. The summed E-state index contributed by atoms with van der Waals surface area (Å²) in [6, 6.07) is -0.202. The van der Waals surface area contributed by atoms with Crippen LogP contribution in [0, 0.1) is 10.8 Å². The minimum Gasteiger partial charge on any atom is -0.511 e. The van der Waals surface area contributed by atoms with Crippen LogP contribution in [-0.2, 0) is 9.59 Å². The molecule has 30 heavy (non-hydrogen) atoms. The molecule has 0 aliphatic heterocycles. The van der Waals surface area contributed by atoms with Gasteiger partial charge in [0, 0.05) is 38.1 Å². The van der Waals surface area contributed by atoms with Crippen LogP contribution >= 0.6 is 0 Å². The van der Waals surface area contributed by atoms with Gasteiger partial charge >= 0.3 is 0 Å². The molecule has 1 saturated carbocycles. The van der Waals surface area contributed by atoms with Crippen LogP contribution in [0.15, 0.2) is 32.6 Å². The van der Waals surface area contributed by atoms with Gasteiger partial charge in [0.25, 0.3) is 0 Å². The summed E-state index contributed by atoms with van der Waals surface area (Å²) < 4.78 is 0. The van der Waals surface area contributed by atoms with E-state index in [0.29, 0.717) is 36.8 Å². The summed E-state index contributed by atoms with van der Waals surface area (Å²) in [5.74, 6) is 0.0745. The van der Waals surface area contributed by atoms with Crippen LogP contribution in [0.5, 0.6) is 0 Å². The Labute approximate surface area is 178 Å². The number of carbonyl (C=O) groups is 2. The van der Waals surface area contributed by atoms with Gasteiger partial charge in [-0.3, -0.25) is 19.6 Å². The highest BCUT2D eigenvalue weighted by atomic mass is 16.3. The quantitative estimate of drug-likeness (QED) is 0.643. The Bertz CT molecular complexity index is 775. The first-order valence-electron chi connectivity index (χ1n) is 10.9. The van der Waals surface area contributed by atoms with E-state index in [1.165, 1.54) is 12.4 Å². The molecule has 0 aromatic carbocycles. The van der Waals surface area contributed by atoms with Crippen molar-refractivity contribution in [2.24, 2.45) is 20.8 Å². The molecule has 6 heteroatoms. The van der Waals surface area contributed by atoms with Gasteiger partial charge in [0.05, 0.1) is 23.2 Å². The maximum Gasteiger partial charge on any atom is 0.168 e. The molecule has 0 heterocycles. The molecule has 0 aromatic heterocycles. The summed E-state index contributed by atoms with van der Waals surface area (Å²) in [5.41, 5.74) is 0.167. The molecule has 2 N–H and O–H groups in total. The maximum atomic E-state index is 12.4. The molecule has 2 atom stereocenters. The molecule has 0 amide bonds. The number of ketones is 2. The van der Waals surface area contributed by atoms with Gasteiger partial charge in [0.1, 0.15) is 11.5 Å². The number of allylic oxidation sites excluding steroid dienone is 4. The summed E-state index contributed by atoms with van der Waals surface area (Å²) in [5, 5.41) is 20.6. The SMILES string of the molecule is CC1(C)CC(=O)C(C=N[C@@H]2CCCC[C@H]2N=CC2=C(O)CC(C)(C)CC2=O)=C(O)C1. The lowest BCUT2D eigenvalue weighted by Crippen LogP contribution is -2.30. The molecule has 0 bridgehead atoms. The second-order valence-corrected chi connectivity index (χ2v) is 10.6. The van der Waals surface area contributed by atoms with Crippen molar-refractivity contribution in [2.45, 2.75) is 91.1 Å². The number of aliphatic hydroxyl groups excluding tert-OH is 2. The number of hydrogen-bond acceptors (Lipinski definition) is 6. The highest BCUT2D eigenvalue weighted by Crippen LogP contribution is 2.36. The standard InChI is InChI=1S/C24H34N2O4/c1-23(2)9-19(27)15(20(28)10-23)13-25-17-7-5-6-8-18(17)26-14-16-21(29)11-24(3,4)12-22(16)30/h13-14,17-18,27,29H,5-12H2,1-4H3/t17-,18-/m1/s1. The first-order valence-corrected chi connectivity index (χ1v) is 10.9. The maximum absolute atomic E-state index is 12.4. The minimum atomic E-state index is -0.229. The van der Waals surface area contributed by atoms with E-state index < -0.39 is 0 Å². The average molecular weight is 415 g/mol. The third-order valence-corrected chi connectivity index (χ3v) is 6.28. The molecule has 1 fully saturated rings. The lowest BCUT2D eigenvalue weighted by Gasteiger charge is -2.30. The molecule has 3 aliphatic carbocycles. The normalized spacial score (nSPS) is 30.0. The molecule has 0 saturated heterocycles. The van der Waals surface area contributed by atoms with Gasteiger partial charge < -0.3 is 10.2 Å². The molecule has 6 nitrogen and oxygen atoms in total. The molecular weight excluding hydrogens is 380 g/mol. The van der Waals surface area contributed by atoms with Crippen molar-refractivity contribution in [3.05, 3.63) is 22.7 Å². The molecule has 3 aliphatic rings. The van der Waals surface area contributed by atoms with Crippen LogP contribution in [0.1, 0.15) is 79.1 Å². The van der Waals surface area contributed by atoms with Crippen molar-refractivity contribution in [3.63, 3.8) is 0 Å². The Hall–Kier alpha value is -2.24. The summed E-state index contributed by atoms with van der Waals surface area (Å²) in [7, 11) is 0. The van der Waals surface area contributed by atoms with Crippen LogP contribution in [0.25, 0.3) is 0 Å². The van der Waals surface area contributed by atoms with Gasteiger partial charge in [-0.25, -0.2) is 0 Å². The van der Waals surface area contributed by atoms with Crippen LogP contribution in [-0.4, -0.2) is 46.3 Å². The number of aliphatic hydroxyl groups is 2. The summed E-state index contributed by atoms with van der Waals surface area (Å²) >= 11 is 0. The molecule has 0 aromatic rings. The van der Waals surface area contributed by atoms with Gasteiger partial charge in [-0.2, -0.15) is 0 Å². The topological polar surface area (TPSA) is 99.3 Å². The molecular formula is C24H34N2O4. The second-order valence-electron chi connectivity index (χ2n) is 10.6. The van der Waals surface area contributed by atoms with Crippen molar-refractivity contribution in [2.75, 3.05) is 0 Å². The van der Waals surface area contributed by atoms with E-state index in [9.17, 15) is 19.8 Å². The predicted molar refractivity (Wildman–Crippen MR) is 118 cm³/mol. The van der Waals surface area contributed by atoms with Gasteiger partial charge in [0.15, 0.2) is 11.6 Å². The number of rotatable bonds is 4. The number of nitrogens with zero attached hydrogens (tertiary/aromatic N) is 2. The average Bonchev–Trinajstić information content (AvgIpc) is 2.59. The zero-order valence-corrected chi connectivity index (χ0v) is 18.6. The fraction of sp³-hybridized carbons (Fsp3) is 0.667. The number of aliphatic imine (C=N–C) groups is 2. The Kier molecular flexibility index (Phi) is 6.34. The number of hydrogen-bond donors (Lipinski definition) is 2. The van der Waals surface area contributed by atoms with Crippen LogP contribution in [0.3, 0.4) is 0 Å². The Morgan fingerprint density at radius 2 is 1.10 bits per heavy atom. The monoisotopic (exact) mass is 414 g/mol. The van der Waals surface area contributed by atoms with Gasteiger partial charge in [-0.1, -0.05) is 40.5 Å². The first-order chi connectivity index (χ1) is 14.0. The number of Topliss-reactive ketones (excluding diaryl/α,β-unsaturated/α-hetero) is 2. The lowest BCUT2D eigenvalue weighted by molar-refractivity contribution is -0.118. The van der Waals surface area contributed by atoms with Crippen LogP contribution < -0.4 is 0 Å². The van der Waals surface area contributed by atoms with Crippen molar-refractivity contribution in [1.29, 1.82) is 0 Å². The van der Waals surface area contributed by atoms with E-state index >= 15 is 0 Å². The zero-order chi connectivity index (χ0) is 22.1. The number of carbonyl (C=O) groups excluding carboxylic acids is 2. The highest BCUT2D eigenvalue weighted by Gasteiger charge is 2.34. The van der Waals surface area contributed by atoms with E-state index in [0.717, 1.165) is 25.7 Å². The molecule has 0 unspecified atom stereocenters. The Balaban J connectivity index is 1.76. The molecule has 0 spiro atoms. The van der Waals surface area contributed by atoms with Gasteiger partial charge in [-0.05, 0) is 23.7 Å². The van der Waals surface area contributed by atoms with Crippen molar-refractivity contribution in [1.82, 2.24) is 0 Å². The fourth-order valence-electron chi connectivity index (χ4n) is 4.68. The Morgan fingerprint density at radius 3 is 1.43 bits per heavy atom. The van der Waals surface area contributed by atoms with Crippen LogP contribution in [0.2, 0.25) is 0 Å². The van der Waals surface area contributed by atoms with Crippen molar-refractivity contribution < 1.29 is 19.8 Å². The zero-order valence-electron chi connectivity index (χ0n) is 18.6. The molecule has 164 valence electrons. The fourth-order valence-corrected chi connectivity index (χ4v) is 4.68. The minimum absolute atomic E-state index is 0.0751. The summed E-state index contributed by atoms with van der Waals surface area (Å²) in [6.07, 6.45) is 8.54. The second kappa shape index (κ2) is 8.48. The Morgan fingerprint density at radius 1 is 0.733 bits per heavy atom. The highest BCUT2D eigenvalue weighted by molar-refractivity contribution is 6.15. The van der Waals surface area contributed by atoms with Gasteiger partial charge in [0.2, 0.25) is 0 Å². The van der Waals surface area contributed by atoms with E-state index in [1.54, 1.807) is 0 Å². The third-order valence-electron chi connectivity index (χ3n) is 6.28. The lowest BCUT2D eigenvalue weighted by atomic mass is 9.76. The predicted octanol–water partition coefficient (Wildman–Crippen LogP) is 4.84. The van der Waals surface area contributed by atoms with E-state index in [1.807, 2.05) is 27.7 Å². The van der Waals surface area contributed by atoms with Crippen molar-refractivity contribution >= 4 is 24.0 Å². The molecule has 0 radical (unpaired) electrons. The first kappa shape index (κ1) is 22.4. The van der Waals surface area contributed by atoms with Crippen LogP contribution in [0.4, 0.5) is 0 Å². The third kappa shape index (κ3) is 5.27. The smallest absolute Gasteiger partial charge is 0.168 e. The molecule has 3 rings (SSSR count). The van der Waals surface area contributed by atoms with Gasteiger partial charge in [-0.15, -0.1) is 0 Å². The summed E-state index contributed by atoms with van der Waals surface area (Å²) in [4.78, 5) is 34.1. The summed E-state index contributed by atoms with van der Waals surface area (Å²) in [6.45, 7) is 7.88. The van der Waals surface area contributed by atoms with Crippen molar-refractivity contribution in [3.8, 4) is 0 Å². The van der Waals surface area contributed by atoms with E-state index in [2.05, 4.69) is 9.98 Å². The van der Waals surface area contributed by atoms with E-state index in [4.69, 9.17) is 0 Å². The van der Waals surface area contributed by atoms with E-state index in [-0.39, 0.29) is 46.0 Å².